The van der Waals surface area contributed by atoms with Crippen LogP contribution in [0.5, 0.6) is 0 Å². The SMILES string of the molecule is CN(C(=O)OC(C)(C)C)C1CCN(c2ccc3c(c2)CN(C2CCC(=O)NC2=O)C3=O)CC1. The van der Waals surface area contributed by atoms with Gasteiger partial charge in [0.2, 0.25) is 11.8 Å². The van der Waals surface area contributed by atoms with Crippen molar-refractivity contribution in [2.45, 2.75) is 70.7 Å². The second-order valence-electron chi connectivity index (χ2n) is 10.1. The molecule has 2 saturated heterocycles. The molecule has 0 aliphatic carbocycles. The number of amides is 4. The predicted molar refractivity (Wildman–Crippen MR) is 122 cm³/mol. The second kappa shape index (κ2) is 8.68. The molecule has 0 saturated carbocycles. The molecule has 0 bridgehead atoms. The summed E-state index contributed by atoms with van der Waals surface area (Å²) in [5, 5.41) is 2.33. The minimum absolute atomic E-state index is 0.120. The van der Waals surface area contributed by atoms with E-state index < -0.39 is 17.6 Å². The Morgan fingerprint density at radius 3 is 2.45 bits per heavy atom. The van der Waals surface area contributed by atoms with Crippen molar-refractivity contribution in [2.75, 3.05) is 25.0 Å². The van der Waals surface area contributed by atoms with Gasteiger partial charge in [0.25, 0.3) is 5.91 Å². The highest BCUT2D eigenvalue weighted by molar-refractivity contribution is 6.05. The van der Waals surface area contributed by atoms with Gasteiger partial charge < -0.3 is 19.4 Å². The molecule has 4 rings (SSSR count). The van der Waals surface area contributed by atoms with Crippen molar-refractivity contribution in [2.24, 2.45) is 0 Å². The van der Waals surface area contributed by atoms with Gasteiger partial charge in [-0.2, -0.15) is 0 Å². The van der Waals surface area contributed by atoms with Gasteiger partial charge in [0.1, 0.15) is 11.6 Å². The first-order valence-corrected chi connectivity index (χ1v) is 11.5. The van der Waals surface area contributed by atoms with Crippen LogP contribution in [0, 0.1) is 0 Å². The summed E-state index contributed by atoms with van der Waals surface area (Å²) < 4.78 is 5.49. The number of anilines is 1. The standard InChI is InChI=1S/C24H32N4O5/c1-24(2,3)33-23(32)26(4)16-9-11-27(12-10-16)17-5-6-18-15(13-17)14-28(22(18)31)19-7-8-20(29)25-21(19)30/h5-6,13,16,19H,7-12,14H2,1-4H3,(H,25,29,30). The van der Waals surface area contributed by atoms with Crippen molar-refractivity contribution in [3.63, 3.8) is 0 Å². The highest BCUT2D eigenvalue weighted by Gasteiger charge is 2.39. The van der Waals surface area contributed by atoms with Crippen LogP contribution in [-0.2, 0) is 20.9 Å². The summed E-state index contributed by atoms with van der Waals surface area (Å²) in [5.41, 5.74) is 2.03. The fourth-order valence-corrected chi connectivity index (χ4v) is 4.75. The largest absolute Gasteiger partial charge is 0.444 e. The number of imide groups is 1. The Morgan fingerprint density at radius 1 is 1.12 bits per heavy atom. The Balaban J connectivity index is 1.38. The molecule has 2 fully saturated rings. The molecule has 0 spiro atoms. The molecular weight excluding hydrogens is 424 g/mol. The van der Waals surface area contributed by atoms with Crippen molar-refractivity contribution in [1.29, 1.82) is 0 Å². The molecule has 3 aliphatic heterocycles. The van der Waals surface area contributed by atoms with Crippen LogP contribution in [0.3, 0.4) is 0 Å². The summed E-state index contributed by atoms with van der Waals surface area (Å²) in [6, 6.07) is 5.32. The van der Waals surface area contributed by atoms with Crippen LogP contribution < -0.4 is 10.2 Å². The number of fused-ring (bicyclic) bond motifs is 1. The van der Waals surface area contributed by atoms with E-state index in [0.29, 0.717) is 18.5 Å². The summed E-state index contributed by atoms with van der Waals surface area (Å²) in [7, 11) is 1.79. The molecule has 9 nitrogen and oxygen atoms in total. The first-order valence-electron chi connectivity index (χ1n) is 11.5. The van der Waals surface area contributed by atoms with Gasteiger partial charge in [0.15, 0.2) is 0 Å². The average Bonchev–Trinajstić information content (AvgIpc) is 3.08. The molecule has 33 heavy (non-hydrogen) atoms. The normalized spacial score (nSPS) is 21.7. The fraction of sp³-hybridized carbons (Fsp3) is 0.583. The zero-order valence-corrected chi connectivity index (χ0v) is 19.7. The molecule has 3 heterocycles. The van der Waals surface area contributed by atoms with E-state index in [0.717, 1.165) is 37.2 Å². The summed E-state index contributed by atoms with van der Waals surface area (Å²) in [4.78, 5) is 54.5. The fourth-order valence-electron chi connectivity index (χ4n) is 4.75. The van der Waals surface area contributed by atoms with Crippen LogP contribution in [0.25, 0.3) is 0 Å². The van der Waals surface area contributed by atoms with Gasteiger partial charge in [-0.05, 0) is 63.8 Å². The summed E-state index contributed by atoms with van der Waals surface area (Å²) >= 11 is 0. The van der Waals surface area contributed by atoms with E-state index in [1.54, 1.807) is 16.8 Å². The number of ether oxygens (including phenoxy) is 1. The van der Waals surface area contributed by atoms with Crippen molar-refractivity contribution in [1.82, 2.24) is 15.1 Å². The van der Waals surface area contributed by atoms with E-state index in [1.807, 2.05) is 39.0 Å². The van der Waals surface area contributed by atoms with Crippen molar-refractivity contribution in [3.8, 4) is 0 Å². The maximum atomic E-state index is 12.9. The minimum Gasteiger partial charge on any atom is -0.444 e. The van der Waals surface area contributed by atoms with Gasteiger partial charge in [-0.1, -0.05) is 0 Å². The number of nitrogens with zero attached hydrogens (tertiary/aromatic N) is 3. The zero-order valence-electron chi connectivity index (χ0n) is 19.7. The maximum absolute atomic E-state index is 12.9. The number of hydrogen-bond donors (Lipinski definition) is 1. The summed E-state index contributed by atoms with van der Waals surface area (Å²) in [5.74, 6) is -0.851. The monoisotopic (exact) mass is 456 g/mol. The van der Waals surface area contributed by atoms with Crippen LogP contribution in [0.15, 0.2) is 18.2 Å². The third kappa shape index (κ3) is 4.82. The van der Waals surface area contributed by atoms with Crippen molar-refractivity contribution >= 4 is 29.5 Å². The number of carbonyl (C=O) groups excluding carboxylic acids is 4. The van der Waals surface area contributed by atoms with Crippen LogP contribution in [0.1, 0.15) is 62.4 Å². The molecule has 1 unspecified atom stereocenters. The molecule has 3 aliphatic rings. The number of hydrogen-bond acceptors (Lipinski definition) is 6. The Hall–Kier alpha value is -3.10. The van der Waals surface area contributed by atoms with E-state index >= 15 is 0 Å². The lowest BCUT2D eigenvalue weighted by Gasteiger charge is -2.38. The van der Waals surface area contributed by atoms with Crippen molar-refractivity contribution in [3.05, 3.63) is 29.3 Å². The summed E-state index contributed by atoms with van der Waals surface area (Å²) in [6.45, 7) is 7.54. The Kier molecular flexibility index (Phi) is 6.07. The highest BCUT2D eigenvalue weighted by Crippen LogP contribution is 2.32. The molecule has 9 heteroatoms. The number of piperidine rings is 2. The molecule has 4 amide bonds. The van der Waals surface area contributed by atoms with E-state index in [9.17, 15) is 19.2 Å². The number of nitrogens with one attached hydrogen (secondary N) is 1. The molecule has 0 aromatic heterocycles. The molecule has 1 atom stereocenters. The molecule has 0 radical (unpaired) electrons. The van der Waals surface area contributed by atoms with Gasteiger partial charge in [0.05, 0.1) is 0 Å². The number of benzene rings is 1. The van der Waals surface area contributed by atoms with Crippen LogP contribution in [0.2, 0.25) is 0 Å². The van der Waals surface area contributed by atoms with E-state index in [-0.39, 0.29) is 30.4 Å². The van der Waals surface area contributed by atoms with E-state index in [2.05, 4.69) is 10.2 Å². The van der Waals surface area contributed by atoms with Gasteiger partial charge in [-0.3, -0.25) is 19.7 Å². The Labute approximate surface area is 194 Å². The topological polar surface area (TPSA) is 99.3 Å². The summed E-state index contributed by atoms with van der Waals surface area (Å²) in [6.07, 6.45) is 1.96. The van der Waals surface area contributed by atoms with E-state index in [1.165, 1.54) is 0 Å². The average molecular weight is 457 g/mol. The lowest BCUT2D eigenvalue weighted by Crippen LogP contribution is -2.52. The van der Waals surface area contributed by atoms with Gasteiger partial charge in [0, 0.05) is 50.4 Å². The van der Waals surface area contributed by atoms with Crippen LogP contribution in [-0.4, -0.2) is 71.4 Å². The molecular formula is C24H32N4O5. The Bertz CT molecular complexity index is 978. The van der Waals surface area contributed by atoms with Gasteiger partial charge in [-0.25, -0.2) is 4.79 Å². The molecule has 1 aromatic carbocycles. The van der Waals surface area contributed by atoms with E-state index in [4.69, 9.17) is 4.74 Å². The molecule has 178 valence electrons. The first-order chi connectivity index (χ1) is 15.5. The second-order valence-corrected chi connectivity index (χ2v) is 10.1. The number of rotatable bonds is 3. The predicted octanol–water partition coefficient (Wildman–Crippen LogP) is 2.28. The van der Waals surface area contributed by atoms with Crippen LogP contribution in [0.4, 0.5) is 10.5 Å². The maximum Gasteiger partial charge on any atom is 0.410 e. The minimum atomic E-state index is -0.606. The first kappa shape index (κ1) is 23.1. The lowest BCUT2D eigenvalue weighted by atomic mass is 10.0. The molecule has 1 N–H and O–H groups in total. The highest BCUT2D eigenvalue weighted by atomic mass is 16.6. The molecule has 1 aromatic rings. The van der Waals surface area contributed by atoms with Crippen LogP contribution >= 0.6 is 0 Å². The third-order valence-corrected chi connectivity index (χ3v) is 6.57. The quantitative estimate of drug-likeness (QED) is 0.701. The third-order valence-electron chi connectivity index (χ3n) is 6.57. The lowest BCUT2D eigenvalue weighted by molar-refractivity contribution is -0.136. The van der Waals surface area contributed by atoms with Gasteiger partial charge >= 0.3 is 6.09 Å². The van der Waals surface area contributed by atoms with Gasteiger partial charge in [-0.15, -0.1) is 0 Å². The zero-order chi connectivity index (χ0) is 23.9. The van der Waals surface area contributed by atoms with Crippen molar-refractivity contribution < 1.29 is 23.9 Å². The number of carbonyl (C=O) groups is 4. The Morgan fingerprint density at radius 2 is 1.82 bits per heavy atom. The smallest absolute Gasteiger partial charge is 0.410 e.